The van der Waals surface area contributed by atoms with Gasteiger partial charge < -0.3 is 39.1 Å². The summed E-state index contributed by atoms with van der Waals surface area (Å²) in [6.45, 7) is 7.48. The van der Waals surface area contributed by atoms with Gasteiger partial charge in [-0.25, -0.2) is 19.6 Å². The molecule has 364 valence electrons. The van der Waals surface area contributed by atoms with Crippen molar-refractivity contribution in [3.05, 3.63) is 85.2 Å². The smallest absolute Gasteiger partial charge is 0.332 e. The first-order chi connectivity index (χ1) is 33.2. The van der Waals surface area contributed by atoms with Gasteiger partial charge >= 0.3 is 17.8 Å². The van der Waals surface area contributed by atoms with Gasteiger partial charge in [-0.05, 0) is 75.6 Å². The maximum absolute atomic E-state index is 13.0. The number of esters is 2. The third kappa shape index (κ3) is 10.6. The number of nitrogens with one attached hydrogen (secondary N) is 2. The number of carbonyl (C=O) groups is 6. The lowest BCUT2D eigenvalue weighted by molar-refractivity contribution is -0.147. The van der Waals surface area contributed by atoms with Crippen LogP contribution in [-0.4, -0.2) is 110 Å². The summed E-state index contributed by atoms with van der Waals surface area (Å²) in [5.74, 6) is -0.640. The quantitative estimate of drug-likeness (QED) is 0.0362. The predicted octanol–water partition coefficient (Wildman–Crippen LogP) is 6.85. The average molecular weight is 1010 g/mol. The summed E-state index contributed by atoms with van der Waals surface area (Å²) < 4.78 is 32.9. The second-order valence-corrected chi connectivity index (χ2v) is 18.0. The number of Topliss-reactive ketones (excluding diaryl/α,β-unsaturated/α-hetero) is 1. The topological polar surface area (TPSA) is 232 Å². The van der Waals surface area contributed by atoms with Gasteiger partial charge in [0.25, 0.3) is 0 Å². The summed E-state index contributed by atoms with van der Waals surface area (Å²) in [6, 6.07) is 13.9. The minimum absolute atomic E-state index is 0.0999. The molecule has 4 saturated carbocycles. The van der Waals surface area contributed by atoms with Gasteiger partial charge in [-0.15, -0.1) is 18.3 Å². The number of benzene rings is 2. The molecule has 4 aromatic rings. The number of ketones is 1. The van der Waals surface area contributed by atoms with E-state index < -0.39 is 28.9 Å². The number of hydrogen-bond acceptors (Lipinski definition) is 15. The Bertz CT molecular complexity index is 2730. The van der Waals surface area contributed by atoms with Gasteiger partial charge in [-0.1, -0.05) is 28.1 Å². The Morgan fingerprint density at radius 3 is 1.54 bits per heavy atom. The molecule has 8 atom stereocenters. The first-order valence-electron chi connectivity index (χ1n) is 22.5. The van der Waals surface area contributed by atoms with E-state index in [4.69, 9.17) is 28.4 Å². The fourth-order valence-electron chi connectivity index (χ4n) is 9.21. The van der Waals surface area contributed by atoms with Crippen molar-refractivity contribution in [2.24, 2.45) is 33.9 Å². The predicted molar refractivity (Wildman–Crippen MR) is 256 cm³/mol. The highest BCUT2D eigenvalue weighted by Gasteiger charge is 2.62. The minimum atomic E-state index is -1.02. The van der Waals surface area contributed by atoms with Crippen LogP contribution in [-0.2, 0) is 28.7 Å². The van der Waals surface area contributed by atoms with Gasteiger partial charge in [0.15, 0.2) is 5.78 Å². The van der Waals surface area contributed by atoms with Crippen LogP contribution in [0.3, 0.4) is 0 Å². The number of hydrogen-bond donors (Lipinski definition) is 2. The molecule has 0 radical (unpaired) electrons. The number of fused-ring (bicyclic) bond motifs is 2. The van der Waals surface area contributed by atoms with E-state index in [9.17, 15) is 28.8 Å². The van der Waals surface area contributed by atoms with E-state index >= 15 is 0 Å². The van der Waals surface area contributed by atoms with Crippen LogP contribution in [0, 0.1) is 23.7 Å². The van der Waals surface area contributed by atoms with Crippen LogP contribution < -0.4 is 29.6 Å². The molecule has 0 aliphatic heterocycles. The number of methoxy groups -OCH3 is 4. The Morgan fingerprint density at radius 2 is 1.14 bits per heavy atom. The fourth-order valence-corrected chi connectivity index (χ4v) is 9.49. The maximum Gasteiger partial charge on any atom is 0.332 e. The van der Waals surface area contributed by atoms with E-state index in [1.165, 1.54) is 21.3 Å². The van der Waals surface area contributed by atoms with Crippen molar-refractivity contribution >= 4 is 73.2 Å². The Balaban J connectivity index is 0.000000204. The van der Waals surface area contributed by atoms with Crippen LogP contribution in [0.1, 0.15) is 72.3 Å². The van der Waals surface area contributed by atoms with Gasteiger partial charge in [-0.2, -0.15) is 5.11 Å². The molecular formula is C50H55BrN6O12. The van der Waals surface area contributed by atoms with Gasteiger partial charge in [0.2, 0.25) is 11.8 Å². The number of azo groups is 1. The molecule has 4 aliphatic rings. The molecular weight excluding hydrogens is 956 g/mol. The Hall–Kier alpha value is -6.76. The first kappa shape index (κ1) is 50.1. The van der Waals surface area contributed by atoms with Crippen LogP contribution in [0.5, 0.6) is 23.0 Å². The summed E-state index contributed by atoms with van der Waals surface area (Å²) in [4.78, 5) is 84.0. The third-order valence-corrected chi connectivity index (χ3v) is 13.8. The Kier molecular flexibility index (Phi) is 15.4. The van der Waals surface area contributed by atoms with Crippen molar-refractivity contribution in [1.29, 1.82) is 0 Å². The number of carbonyl (C=O) groups excluding carboxylic acids is 6. The molecule has 2 heterocycles. The zero-order valence-corrected chi connectivity index (χ0v) is 40.7. The van der Waals surface area contributed by atoms with Crippen LogP contribution in [0.15, 0.2) is 84.1 Å². The zero-order chi connectivity index (χ0) is 49.6. The molecule has 19 heteroatoms. The van der Waals surface area contributed by atoms with E-state index in [-0.39, 0.29) is 64.5 Å². The summed E-state index contributed by atoms with van der Waals surface area (Å²) in [5, 5.41) is 14.5. The molecule has 2 aromatic carbocycles. The summed E-state index contributed by atoms with van der Waals surface area (Å²) in [5.41, 5.74) is -0.508. The molecule has 69 heavy (non-hydrogen) atoms. The highest BCUT2D eigenvalue weighted by molar-refractivity contribution is 9.09. The molecule has 18 nitrogen and oxygen atoms in total. The van der Waals surface area contributed by atoms with Crippen LogP contribution in [0.2, 0.25) is 0 Å². The van der Waals surface area contributed by atoms with E-state index in [0.717, 1.165) is 5.39 Å². The monoisotopic (exact) mass is 1010 g/mol. The van der Waals surface area contributed by atoms with E-state index in [1.807, 2.05) is 18.2 Å². The van der Waals surface area contributed by atoms with Crippen molar-refractivity contribution in [2.45, 2.75) is 74.7 Å². The molecule has 0 spiro atoms. The summed E-state index contributed by atoms with van der Waals surface area (Å²) in [6.07, 6.45) is 7.40. The summed E-state index contributed by atoms with van der Waals surface area (Å²) >= 11 is 3.20. The van der Waals surface area contributed by atoms with Gasteiger partial charge in [0, 0.05) is 65.8 Å². The molecule has 2 aromatic heterocycles. The number of pyridine rings is 2. The van der Waals surface area contributed by atoms with E-state index in [0.29, 0.717) is 96.5 Å². The average Bonchev–Trinajstić information content (AvgIpc) is 4.11. The first-order valence-corrected chi connectivity index (χ1v) is 23.6. The number of ether oxygens (including phenoxy) is 6. The second kappa shape index (κ2) is 21.3. The van der Waals surface area contributed by atoms with E-state index in [2.05, 4.69) is 59.9 Å². The Labute approximate surface area is 407 Å². The Morgan fingerprint density at radius 1 is 0.696 bits per heavy atom. The lowest BCUT2D eigenvalue weighted by Crippen LogP contribution is -2.47. The number of halogens is 1. The standard InChI is InChI=1S/C25H27BrN2O6.C25H28N4O6/c1-4-15-12-25(15,24(31)33-3)28-23(30)14-5-6-17(9-14)34-22-11-20(21(29)13-26)27-19-10-16(32-2)7-8-18(19)22;1-5-15-13-25(15,24(32)34-4)28-22(30)14-6-7-17(10-14)35-21-12-20(23(31)29-26-2)27-19-11-16(33-3)8-9-18(19)21/h4,7-8,10-11,14-15,17H,1,5-6,9,12-13H2,2-3H3,(H,28,30);5,8-9,11-12,14-15,17H,1,6-7,10,13H2,2-4H3,(H,28,30)/t2*14-,15?,17?,25+/m00/s1. The van der Waals surface area contributed by atoms with E-state index in [1.54, 1.807) is 56.7 Å². The van der Waals surface area contributed by atoms with Crippen molar-refractivity contribution in [3.8, 4) is 23.0 Å². The fraction of sp³-hybridized carbons (Fsp3) is 0.440. The highest BCUT2D eigenvalue weighted by Crippen LogP contribution is 2.47. The van der Waals surface area contributed by atoms with Gasteiger partial charge in [0.1, 0.15) is 45.5 Å². The minimum Gasteiger partial charge on any atom is -0.497 e. The molecule has 4 aliphatic carbocycles. The zero-order valence-electron chi connectivity index (χ0n) is 39.1. The number of rotatable bonds is 17. The molecule has 8 rings (SSSR count). The lowest BCUT2D eigenvalue weighted by Gasteiger charge is -2.20. The molecule has 4 unspecified atom stereocenters. The SMILES string of the molecule is C=CC1C[C@]1(NC(=O)[C@H]1CCC(Oc2cc(C(=O)CBr)nc3cc(OC)ccc23)C1)C(=O)OC.C=CC1C[C@]1(NC(=O)[C@H]1CCC(Oc2cc(C(=O)N=NC)nc3cc(OC)ccc23)C1)C(=O)OC. The van der Waals surface area contributed by atoms with Crippen molar-refractivity contribution in [2.75, 3.05) is 40.8 Å². The van der Waals surface area contributed by atoms with Crippen molar-refractivity contribution in [3.63, 3.8) is 0 Å². The lowest BCUT2D eigenvalue weighted by atomic mass is 10.1. The normalized spacial score (nSPS) is 25.4. The molecule has 0 saturated heterocycles. The van der Waals surface area contributed by atoms with Gasteiger partial charge in [0.05, 0.1) is 57.0 Å². The van der Waals surface area contributed by atoms with Crippen molar-refractivity contribution < 1.29 is 57.2 Å². The molecule has 0 bridgehead atoms. The van der Waals surface area contributed by atoms with Crippen molar-refractivity contribution in [1.82, 2.24) is 20.6 Å². The van der Waals surface area contributed by atoms with Gasteiger partial charge in [-0.3, -0.25) is 19.2 Å². The second-order valence-electron chi connectivity index (χ2n) is 17.4. The molecule has 3 amide bonds. The number of aromatic nitrogens is 2. The highest BCUT2D eigenvalue weighted by atomic mass is 79.9. The third-order valence-electron chi connectivity index (χ3n) is 13.3. The largest absolute Gasteiger partial charge is 0.497 e. The number of amides is 3. The molecule has 2 N–H and O–H groups in total. The summed E-state index contributed by atoms with van der Waals surface area (Å²) in [7, 11) is 7.15. The van der Waals surface area contributed by atoms with Crippen LogP contribution in [0.25, 0.3) is 21.8 Å². The number of alkyl halides is 1. The maximum atomic E-state index is 13.0. The van der Waals surface area contributed by atoms with Crippen LogP contribution >= 0.6 is 15.9 Å². The number of nitrogens with zero attached hydrogens (tertiary/aromatic N) is 4. The van der Waals surface area contributed by atoms with Crippen LogP contribution in [0.4, 0.5) is 0 Å². The molecule has 4 fully saturated rings.